The molecule has 0 saturated heterocycles. The fourth-order valence-electron chi connectivity index (χ4n) is 3.19. The van der Waals surface area contributed by atoms with E-state index in [1.165, 1.54) is 6.26 Å². The van der Waals surface area contributed by atoms with Crippen molar-refractivity contribution in [2.45, 2.75) is 46.2 Å². The molecule has 6 heteroatoms. The standard InChI is InChI=1S/C22H29N3O3/c1-22(2,3)21(27)25(17-9-10-17)14-15-13-16(8-11-18(15)24(4)5)23-20(26)19-7-6-12-28-19/h6-8,11-13,17H,9-10,14H2,1-5H3,(H,23,26). The van der Waals surface area contributed by atoms with Crippen LogP contribution in [0.1, 0.15) is 49.7 Å². The van der Waals surface area contributed by atoms with Crippen molar-refractivity contribution in [2.75, 3.05) is 24.3 Å². The third-order valence-corrected chi connectivity index (χ3v) is 4.79. The third-order valence-electron chi connectivity index (χ3n) is 4.79. The maximum Gasteiger partial charge on any atom is 0.291 e. The van der Waals surface area contributed by atoms with Crippen LogP contribution in [-0.4, -0.2) is 36.9 Å². The van der Waals surface area contributed by atoms with Crippen molar-refractivity contribution in [1.82, 2.24) is 4.90 Å². The van der Waals surface area contributed by atoms with E-state index < -0.39 is 5.41 Å². The first-order chi connectivity index (χ1) is 13.2. The lowest BCUT2D eigenvalue weighted by atomic mass is 9.94. The molecule has 1 fully saturated rings. The van der Waals surface area contributed by atoms with Crippen molar-refractivity contribution in [3.63, 3.8) is 0 Å². The predicted molar refractivity (Wildman–Crippen MR) is 110 cm³/mol. The Balaban J connectivity index is 1.87. The van der Waals surface area contributed by atoms with E-state index in [2.05, 4.69) is 5.32 Å². The van der Waals surface area contributed by atoms with Gasteiger partial charge in [0.2, 0.25) is 5.91 Å². The van der Waals surface area contributed by atoms with Crippen LogP contribution in [0, 0.1) is 5.41 Å². The summed E-state index contributed by atoms with van der Waals surface area (Å²) in [6.45, 7) is 6.39. The minimum Gasteiger partial charge on any atom is -0.459 e. The summed E-state index contributed by atoms with van der Waals surface area (Å²) in [5.74, 6) is 0.129. The topological polar surface area (TPSA) is 65.8 Å². The van der Waals surface area contributed by atoms with Gasteiger partial charge in [-0.3, -0.25) is 9.59 Å². The summed E-state index contributed by atoms with van der Waals surface area (Å²) in [5.41, 5.74) is 2.29. The Kier molecular flexibility index (Phi) is 5.49. The van der Waals surface area contributed by atoms with E-state index in [9.17, 15) is 9.59 Å². The molecule has 1 N–H and O–H groups in total. The lowest BCUT2D eigenvalue weighted by molar-refractivity contribution is -0.140. The maximum atomic E-state index is 13.0. The van der Waals surface area contributed by atoms with Gasteiger partial charge in [-0.15, -0.1) is 0 Å². The molecule has 3 rings (SSSR count). The highest BCUT2D eigenvalue weighted by molar-refractivity contribution is 6.02. The Morgan fingerprint density at radius 1 is 1.18 bits per heavy atom. The maximum absolute atomic E-state index is 13.0. The van der Waals surface area contributed by atoms with Crippen LogP contribution in [0.2, 0.25) is 0 Å². The number of hydrogen-bond acceptors (Lipinski definition) is 4. The number of carbonyl (C=O) groups excluding carboxylic acids is 2. The fourth-order valence-corrected chi connectivity index (χ4v) is 3.19. The molecule has 1 aromatic heterocycles. The van der Waals surface area contributed by atoms with Crippen LogP contribution < -0.4 is 10.2 Å². The van der Waals surface area contributed by atoms with Crippen molar-refractivity contribution in [3.8, 4) is 0 Å². The Bertz CT molecular complexity index is 846. The summed E-state index contributed by atoms with van der Waals surface area (Å²) in [7, 11) is 3.96. The van der Waals surface area contributed by atoms with Gasteiger partial charge >= 0.3 is 0 Å². The van der Waals surface area contributed by atoms with Gasteiger partial charge in [-0.1, -0.05) is 20.8 Å². The minimum absolute atomic E-state index is 0.157. The summed E-state index contributed by atoms with van der Waals surface area (Å²) in [6, 6.07) is 9.40. The molecule has 0 aliphatic heterocycles. The first-order valence-corrected chi connectivity index (χ1v) is 9.63. The van der Waals surface area contributed by atoms with Crippen LogP contribution in [-0.2, 0) is 11.3 Å². The second-order valence-electron chi connectivity index (χ2n) is 8.58. The van der Waals surface area contributed by atoms with Crippen LogP contribution in [0.5, 0.6) is 0 Å². The summed E-state index contributed by atoms with van der Waals surface area (Å²) >= 11 is 0. The molecular weight excluding hydrogens is 354 g/mol. The van der Waals surface area contributed by atoms with Gasteiger partial charge in [-0.25, -0.2) is 0 Å². The minimum atomic E-state index is -0.425. The largest absolute Gasteiger partial charge is 0.459 e. The number of amides is 2. The highest BCUT2D eigenvalue weighted by atomic mass is 16.3. The lowest BCUT2D eigenvalue weighted by Gasteiger charge is -2.31. The van der Waals surface area contributed by atoms with Crippen molar-refractivity contribution in [2.24, 2.45) is 5.41 Å². The molecule has 0 spiro atoms. The summed E-state index contributed by atoms with van der Waals surface area (Å²) in [6.07, 6.45) is 3.57. The van der Waals surface area contributed by atoms with Gasteiger partial charge in [-0.2, -0.15) is 0 Å². The van der Waals surface area contributed by atoms with Gasteiger partial charge in [0.05, 0.1) is 6.26 Å². The first-order valence-electron chi connectivity index (χ1n) is 9.63. The average Bonchev–Trinajstić information content (AvgIpc) is 3.30. The van der Waals surface area contributed by atoms with Crippen LogP contribution >= 0.6 is 0 Å². The number of nitrogens with zero attached hydrogens (tertiary/aromatic N) is 2. The van der Waals surface area contributed by atoms with Gasteiger partial charge in [0.1, 0.15) is 0 Å². The SMILES string of the molecule is CN(C)c1ccc(NC(=O)c2ccco2)cc1CN(C(=O)C(C)(C)C)C1CC1. The smallest absolute Gasteiger partial charge is 0.291 e. The van der Waals surface area contributed by atoms with Crippen LogP contribution in [0.15, 0.2) is 41.0 Å². The molecule has 1 aliphatic rings. The first kappa shape index (κ1) is 20.0. The molecule has 6 nitrogen and oxygen atoms in total. The van der Waals surface area contributed by atoms with Gasteiger partial charge in [0.15, 0.2) is 5.76 Å². The summed E-state index contributed by atoms with van der Waals surface area (Å²) in [5, 5.41) is 2.87. The zero-order valence-corrected chi connectivity index (χ0v) is 17.3. The third kappa shape index (κ3) is 4.55. The van der Waals surface area contributed by atoms with E-state index in [0.29, 0.717) is 18.3 Å². The summed E-state index contributed by atoms with van der Waals surface area (Å²) in [4.78, 5) is 29.3. The summed E-state index contributed by atoms with van der Waals surface area (Å²) < 4.78 is 5.16. The van der Waals surface area contributed by atoms with Gasteiger partial charge in [-0.05, 0) is 48.7 Å². The molecule has 1 aromatic carbocycles. The molecule has 1 heterocycles. The van der Waals surface area contributed by atoms with Crippen molar-refractivity contribution >= 4 is 23.2 Å². The Morgan fingerprint density at radius 3 is 2.43 bits per heavy atom. The molecule has 1 aliphatic carbocycles. The zero-order chi connectivity index (χ0) is 20.5. The molecule has 0 unspecified atom stereocenters. The van der Waals surface area contributed by atoms with Gasteiger partial charge in [0.25, 0.3) is 5.91 Å². The highest BCUT2D eigenvalue weighted by Crippen LogP contribution is 2.34. The average molecular weight is 383 g/mol. The van der Waals surface area contributed by atoms with E-state index in [0.717, 1.165) is 24.1 Å². The van der Waals surface area contributed by atoms with Crippen molar-refractivity contribution in [3.05, 3.63) is 47.9 Å². The normalized spacial score (nSPS) is 13.9. The zero-order valence-electron chi connectivity index (χ0n) is 17.3. The van der Waals surface area contributed by atoms with Crippen LogP contribution in [0.25, 0.3) is 0 Å². The quantitative estimate of drug-likeness (QED) is 0.814. The molecular formula is C22H29N3O3. The van der Waals surface area contributed by atoms with E-state index in [1.807, 2.05) is 62.9 Å². The number of anilines is 2. The van der Waals surface area contributed by atoms with E-state index in [-0.39, 0.29) is 17.6 Å². The van der Waals surface area contributed by atoms with Gasteiger partial charge < -0.3 is 19.5 Å². The van der Waals surface area contributed by atoms with Crippen molar-refractivity contribution in [1.29, 1.82) is 0 Å². The highest BCUT2D eigenvalue weighted by Gasteiger charge is 2.37. The van der Waals surface area contributed by atoms with E-state index >= 15 is 0 Å². The number of nitrogens with one attached hydrogen (secondary N) is 1. The Hall–Kier alpha value is -2.76. The second kappa shape index (κ2) is 7.70. The van der Waals surface area contributed by atoms with E-state index in [4.69, 9.17) is 4.42 Å². The lowest BCUT2D eigenvalue weighted by Crippen LogP contribution is -2.40. The molecule has 150 valence electrons. The number of hydrogen-bond donors (Lipinski definition) is 1. The van der Waals surface area contributed by atoms with Crippen molar-refractivity contribution < 1.29 is 14.0 Å². The molecule has 0 bridgehead atoms. The number of carbonyl (C=O) groups is 2. The number of furan rings is 1. The number of benzene rings is 1. The Morgan fingerprint density at radius 2 is 1.89 bits per heavy atom. The molecule has 28 heavy (non-hydrogen) atoms. The molecule has 0 atom stereocenters. The van der Waals surface area contributed by atoms with Crippen LogP contribution in [0.4, 0.5) is 11.4 Å². The number of rotatable bonds is 6. The van der Waals surface area contributed by atoms with Gasteiger partial charge in [0, 0.05) is 43.5 Å². The van der Waals surface area contributed by atoms with Crippen LogP contribution in [0.3, 0.4) is 0 Å². The predicted octanol–water partition coefficient (Wildman–Crippen LogP) is 4.14. The monoisotopic (exact) mass is 383 g/mol. The van der Waals surface area contributed by atoms with E-state index in [1.54, 1.807) is 12.1 Å². The molecule has 2 amide bonds. The Labute approximate surface area is 166 Å². The fraction of sp³-hybridized carbons (Fsp3) is 0.455. The molecule has 0 radical (unpaired) electrons. The molecule has 2 aromatic rings. The molecule has 1 saturated carbocycles. The second-order valence-corrected chi connectivity index (χ2v) is 8.58.